The summed E-state index contributed by atoms with van der Waals surface area (Å²) in [5, 5.41) is 0. The lowest BCUT2D eigenvalue weighted by Crippen LogP contribution is -2.04. The maximum atomic E-state index is 14.5. The number of hydrogen-bond acceptors (Lipinski definition) is 3. The summed E-state index contributed by atoms with van der Waals surface area (Å²) in [5.41, 5.74) is 3.95. The third kappa shape index (κ3) is 3.56. The molecule has 3 heterocycles. The van der Waals surface area contributed by atoms with Gasteiger partial charge in [0.2, 0.25) is 0 Å². The molecule has 0 aliphatic rings. The summed E-state index contributed by atoms with van der Waals surface area (Å²) >= 11 is 0. The van der Waals surface area contributed by atoms with Gasteiger partial charge < -0.3 is 9.55 Å². The lowest BCUT2D eigenvalue weighted by atomic mass is 10.1. The highest BCUT2D eigenvalue weighted by molar-refractivity contribution is 5.83. The summed E-state index contributed by atoms with van der Waals surface area (Å²) < 4.78 is 31.0. The molecule has 0 radical (unpaired) electrons. The molecule has 160 valence electrons. The van der Waals surface area contributed by atoms with Crippen LogP contribution in [0.1, 0.15) is 13.8 Å². The number of rotatable bonds is 5. The molecule has 0 saturated heterocycles. The van der Waals surface area contributed by atoms with Crippen LogP contribution >= 0.6 is 0 Å². The van der Waals surface area contributed by atoms with Crippen LogP contribution < -0.4 is 0 Å². The first-order chi connectivity index (χ1) is 15.5. The van der Waals surface area contributed by atoms with E-state index < -0.39 is 11.6 Å². The zero-order valence-electron chi connectivity index (χ0n) is 17.7. The number of imidazole rings is 2. The molecule has 5 rings (SSSR count). The number of aromatic nitrogens is 5. The van der Waals surface area contributed by atoms with Crippen molar-refractivity contribution in [3.05, 3.63) is 78.6 Å². The molecule has 0 amide bonds. The van der Waals surface area contributed by atoms with Crippen LogP contribution in [0.3, 0.4) is 0 Å². The lowest BCUT2D eigenvalue weighted by molar-refractivity contribution is 0.530. The molecule has 0 atom stereocenters. The second kappa shape index (κ2) is 8.00. The largest absolute Gasteiger partial charge is 0.336 e. The minimum Gasteiger partial charge on any atom is -0.336 e. The summed E-state index contributed by atoms with van der Waals surface area (Å²) in [4.78, 5) is 17.0. The Kier molecular flexibility index (Phi) is 5.01. The quantitative estimate of drug-likeness (QED) is 0.368. The van der Waals surface area contributed by atoms with Crippen molar-refractivity contribution >= 4 is 11.2 Å². The number of aromatic amines is 1. The fourth-order valence-electron chi connectivity index (χ4n) is 3.81. The van der Waals surface area contributed by atoms with E-state index in [2.05, 4.69) is 28.8 Å². The predicted octanol–water partition coefficient (Wildman–Crippen LogP) is 6.09. The van der Waals surface area contributed by atoms with Crippen LogP contribution in [0.15, 0.2) is 67.0 Å². The molecule has 0 aliphatic heterocycles. The van der Waals surface area contributed by atoms with Crippen molar-refractivity contribution in [2.45, 2.75) is 20.4 Å². The average Bonchev–Trinajstić information content (AvgIpc) is 3.38. The van der Waals surface area contributed by atoms with Crippen molar-refractivity contribution in [1.82, 2.24) is 24.5 Å². The molecule has 0 saturated carbocycles. The maximum Gasteiger partial charge on any atom is 0.160 e. The van der Waals surface area contributed by atoms with Gasteiger partial charge in [-0.1, -0.05) is 50.2 Å². The monoisotopic (exact) mass is 429 g/mol. The first-order valence-corrected chi connectivity index (χ1v) is 10.4. The Morgan fingerprint density at radius 3 is 2.38 bits per heavy atom. The molecular weight excluding hydrogens is 408 g/mol. The van der Waals surface area contributed by atoms with Crippen molar-refractivity contribution in [3.63, 3.8) is 0 Å². The van der Waals surface area contributed by atoms with Crippen LogP contribution in [-0.4, -0.2) is 24.5 Å². The van der Waals surface area contributed by atoms with Crippen molar-refractivity contribution in [3.8, 4) is 34.0 Å². The first kappa shape index (κ1) is 20.1. The van der Waals surface area contributed by atoms with E-state index in [9.17, 15) is 8.78 Å². The standard InChI is InChI=1S/C25H21F2N5/c1-15(2)13-32-14-28-20-12-11-19(29-25(20)32)23-22(16-7-4-3-5-8-16)30-24(31-23)21-17(26)9-6-10-18(21)27/h3-12,14-15H,13H2,1-2H3,(H,30,31). The normalized spacial score (nSPS) is 11.5. The van der Waals surface area contributed by atoms with Gasteiger partial charge in [-0.3, -0.25) is 0 Å². The Hall–Kier alpha value is -3.87. The topological polar surface area (TPSA) is 59.4 Å². The van der Waals surface area contributed by atoms with Crippen LogP contribution in [-0.2, 0) is 6.54 Å². The highest BCUT2D eigenvalue weighted by Gasteiger charge is 2.21. The minimum absolute atomic E-state index is 0.118. The van der Waals surface area contributed by atoms with Crippen LogP contribution in [0.5, 0.6) is 0 Å². The Labute approximate surface area is 183 Å². The Balaban J connectivity index is 1.72. The van der Waals surface area contributed by atoms with E-state index in [1.54, 1.807) is 6.33 Å². The molecule has 0 unspecified atom stereocenters. The molecule has 2 aromatic carbocycles. The number of hydrogen-bond donors (Lipinski definition) is 1. The first-order valence-electron chi connectivity index (χ1n) is 10.4. The Morgan fingerprint density at radius 2 is 1.66 bits per heavy atom. The van der Waals surface area contributed by atoms with Gasteiger partial charge in [0.05, 0.1) is 29.0 Å². The van der Waals surface area contributed by atoms with E-state index >= 15 is 0 Å². The number of pyridine rings is 1. The summed E-state index contributed by atoms with van der Waals surface area (Å²) in [6, 6.07) is 17.0. The van der Waals surface area contributed by atoms with Gasteiger partial charge in [0, 0.05) is 12.1 Å². The number of nitrogens with zero attached hydrogens (tertiary/aromatic N) is 4. The van der Waals surface area contributed by atoms with Crippen LogP contribution in [0.4, 0.5) is 8.78 Å². The van der Waals surface area contributed by atoms with E-state index in [-0.39, 0.29) is 11.4 Å². The number of H-pyrrole nitrogens is 1. The summed E-state index contributed by atoms with van der Waals surface area (Å²) in [6.45, 7) is 5.05. The van der Waals surface area contributed by atoms with Crippen LogP contribution in [0, 0.1) is 17.6 Å². The van der Waals surface area contributed by atoms with Crippen molar-refractivity contribution in [1.29, 1.82) is 0 Å². The van der Waals surface area contributed by atoms with Gasteiger partial charge in [-0.25, -0.2) is 23.7 Å². The third-order valence-electron chi connectivity index (χ3n) is 5.23. The van der Waals surface area contributed by atoms with Gasteiger partial charge >= 0.3 is 0 Å². The molecule has 3 aromatic heterocycles. The predicted molar refractivity (Wildman–Crippen MR) is 121 cm³/mol. The van der Waals surface area contributed by atoms with Crippen molar-refractivity contribution < 1.29 is 8.78 Å². The van der Waals surface area contributed by atoms with Crippen LogP contribution in [0.2, 0.25) is 0 Å². The lowest BCUT2D eigenvalue weighted by Gasteiger charge is -2.08. The number of nitrogens with one attached hydrogen (secondary N) is 1. The second-order valence-electron chi connectivity index (χ2n) is 8.10. The van der Waals surface area contributed by atoms with Gasteiger partial charge in [0.1, 0.15) is 23.0 Å². The summed E-state index contributed by atoms with van der Waals surface area (Å²) in [5.74, 6) is -0.806. The van der Waals surface area contributed by atoms with Gasteiger partial charge in [0.15, 0.2) is 5.65 Å². The van der Waals surface area contributed by atoms with E-state index in [4.69, 9.17) is 4.98 Å². The summed E-state index contributed by atoms with van der Waals surface area (Å²) in [7, 11) is 0. The number of fused-ring (bicyclic) bond motifs is 1. The SMILES string of the molecule is CC(C)Cn1cnc2ccc(-c3[nH]c(-c4c(F)cccc4F)nc3-c3ccccc3)nc21. The molecule has 1 N–H and O–H groups in total. The van der Waals surface area contributed by atoms with E-state index in [1.807, 2.05) is 47.0 Å². The average molecular weight is 429 g/mol. The van der Waals surface area contributed by atoms with E-state index in [0.717, 1.165) is 23.3 Å². The zero-order valence-corrected chi connectivity index (χ0v) is 17.7. The highest BCUT2D eigenvalue weighted by atomic mass is 19.1. The molecule has 32 heavy (non-hydrogen) atoms. The molecule has 0 aliphatic carbocycles. The molecule has 5 aromatic rings. The fraction of sp³-hybridized carbons (Fsp3) is 0.160. The van der Waals surface area contributed by atoms with Gasteiger partial charge in [0.25, 0.3) is 0 Å². The van der Waals surface area contributed by atoms with E-state index in [1.165, 1.54) is 18.2 Å². The molecule has 0 spiro atoms. The fourth-order valence-corrected chi connectivity index (χ4v) is 3.81. The van der Waals surface area contributed by atoms with Crippen molar-refractivity contribution in [2.75, 3.05) is 0 Å². The van der Waals surface area contributed by atoms with Gasteiger partial charge in [-0.2, -0.15) is 0 Å². The van der Waals surface area contributed by atoms with Gasteiger partial charge in [-0.05, 0) is 30.2 Å². The molecule has 7 heteroatoms. The Bertz CT molecular complexity index is 1380. The molecule has 0 bridgehead atoms. The molecular formula is C25H21F2N5. The highest BCUT2D eigenvalue weighted by Crippen LogP contribution is 2.34. The maximum absolute atomic E-state index is 14.5. The smallest absolute Gasteiger partial charge is 0.160 e. The molecule has 0 fully saturated rings. The second-order valence-corrected chi connectivity index (χ2v) is 8.10. The minimum atomic E-state index is -0.677. The van der Waals surface area contributed by atoms with Crippen LogP contribution in [0.25, 0.3) is 45.2 Å². The summed E-state index contributed by atoms with van der Waals surface area (Å²) in [6.07, 6.45) is 1.78. The van der Waals surface area contributed by atoms with Crippen molar-refractivity contribution in [2.24, 2.45) is 5.92 Å². The molecule has 5 nitrogen and oxygen atoms in total. The van der Waals surface area contributed by atoms with E-state index in [0.29, 0.717) is 23.0 Å². The number of halogens is 2. The Morgan fingerprint density at radius 1 is 0.906 bits per heavy atom. The van der Waals surface area contributed by atoms with Gasteiger partial charge in [-0.15, -0.1) is 0 Å². The zero-order chi connectivity index (χ0) is 22.2. The third-order valence-corrected chi connectivity index (χ3v) is 5.23. The number of benzene rings is 2.